The second kappa shape index (κ2) is 10.7. The third-order valence-corrected chi connectivity index (χ3v) is 14.7. The van der Waals surface area contributed by atoms with Gasteiger partial charge in [-0.2, -0.15) is 0 Å². The van der Waals surface area contributed by atoms with Gasteiger partial charge in [-0.05, 0) is 54.6 Å². The number of furan rings is 1. The maximum Gasteiger partial charge on any atom is 0.335 e. The Kier molecular flexibility index (Phi) is 7.36. The van der Waals surface area contributed by atoms with Crippen molar-refractivity contribution in [1.29, 1.82) is 0 Å². The van der Waals surface area contributed by atoms with Gasteiger partial charge in [-0.25, -0.2) is 4.79 Å². The van der Waals surface area contributed by atoms with Crippen LogP contribution >= 0.6 is 0 Å². The SMILES string of the molecule is CCC(=O)OC/C(=C1\C(=O)OC2C3(O)CC4(C)CC35OC3(C)OC26C1C(C)(C(OC(C)=O)c1ccoc1)CCC6(O3)C5(C)C4CC(=O)OC)C(C)C. The standard InChI is InChI=1S/C39H50O13/c1-10-25(41)47-17-23(20(2)3)27-28-33(6,29(48-21(4)40)22-11-14-46-16-22)12-13-37-34(7)24(15-26(42)45-9)32(5)18-36(44)31(49-30(27)43)39(28,37)52-35(8,50-37)51-38(34,36)19-32/h11,14,16,20,24,28-29,31,44H,10,12-13,15,17-19H2,1-9H3/b27-23+. The summed E-state index contributed by atoms with van der Waals surface area (Å²) in [7, 11) is 1.36. The fraction of sp³-hybridized carbons (Fsp3) is 0.744. The van der Waals surface area contributed by atoms with Crippen molar-refractivity contribution >= 4 is 23.9 Å². The van der Waals surface area contributed by atoms with Gasteiger partial charge >= 0.3 is 23.9 Å². The molecule has 12 unspecified atom stereocenters. The Morgan fingerprint density at radius 3 is 2.35 bits per heavy atom. The predicted molar refractivity (Wildman–Crippen MR) is 177 cm³/mol. The number of hydrogen-bond acceptors (Lipinski definition) is 13. The number of rotatable bonds is 9. The Hall–Kier alpha value is -3.26. The monoisotopic (exact) mass is 726 g/mol. The molecule has 7 fully saturated rings. The number of hydrogen-bond donors (Lipinski definition) is 1. The first-order valence-electron chi connectivity index (χ1n) is 18.5. The molecule has 4 aliphatic carbocycles. The first-order valence-corrected chi connectivity index (χ1v) is 18.5. The molecule has 13 heteroatoms. The summed E-state index contributed by atoms with van der Waals surface area (Å²) < 4.78 is 50.9. The minimum atomic E-state index is -1.77. The van der Waals surface area contributed by atoms with Crippen molar-refractivity contribution in [3.8, 4) is 0 Å². The molecule has 284 valence electrons. The summed E-state index contributed by atoms with van der Waals surface area (Å²) in [6, 6.07) is 1.73. The summed E-state index contributed by atoms with van der Waals surface area (Å²) in [5, 5.41) is 13.5. The number of ether oxygens (including phenoxy) is 7. The maximum absolute atomic E-state index is 15.0. The predicted octanol–water partition coefficient (Wildman–Crippen LogP) is 4.84. The van der Waals surface area contributed by atoms with E-state index in [1.165, 1.54) is 26.6 Å². The average Bonchev–Trinajstić information content (AvgIpc) is 3.77. The minimum absolute atomic E-state index is 0.0486. The molecule has 0 radical (unpaired) electrons. The van der Waals surface area contributed by atoms with E-state index in [4.69, 9.17) is 37.6 Å². The van der Waals surface area contributed by atoms with Crippen LogP contribution in [0.2, 0.25) is 0 Å². The highest BCUT2D eigenvalue weighted by atomic mass is 16.9. The summed E-state index contributed by atoms with van der Waals surface area (Å²) in [4.78, 5) is 53.8. The lowest BCUT2D eigenvalue weighted by Gasteiger charge is -2.77. The molecule has 3 saturated heterocycles. The Morgan fingerprint density at radius 2 is 1.73 bits per heavy atom. The normalized spacial score (nSPS) is 47.5. The van der Waals surface area contributed by atoms with Gasteiger partial charge in [0.25, 0.3) is 5.97 Å². The van der Waals surface area contributed by atoms with E-state index in [-0.39, 0.29) is 43.3 Å². The van der Waals surface area contributed by atoms with E-state index in [2.05, 4.69) is 6.92 Å². The van der Waals surface area contributed by atoms with Crippen LogP contribution in [0.25, 0.3) is 0 Å². The van der Waals surface area contributed by atoms with Crippen molar-refractivity contribution in [3.05, 3.63) is 35.3 Å². The molecule has 12 atom stereocenters. The lowest BCUT2D eigenvalue weighted by atomic mass is 9.33. The summed E-state index contributed by atoms with van der Waals surface area (Å²) >= 11 is 0. The second-order valence-corrected chi connectivity index (χ2v) is 17.5. The maximum atomic E-state index is 15.0. The molecular weight excluding hydrogens is 676 g/mol. The number of methoxy groups -OCH3 is 1. The molecule has 0 aromatic carbocycles. The number of esters is 4. The van der Waals surface area contributed by atoms with Gasteiger partial charge in [0.15, 0.2) is 11.7 Å². The third kappa shape index (κ3) is 3.83. The average molecular weight is 727 g/mol. The van der Waals surface area contributed by atoms with Crippen LogP contribution in [0.15, 0.2) is 34.2 Å². The lowest BCUT2D eigenvalue weighted by Crippen LogP contribution is -2.92. The highest BCUT2D eigenvalue weighted by molar-refractivity contribution is 5.93. The van der Waals surface area contributed by atoms with E-state index in [9.17, 15) is 24.3 Å². The molecule has 7 aliphatic rings. The number of carbonyl (C=O) groups excluding carboxylic acids is 4. The third-order valence-electron chi connectivity index (χ3n) is 14.7. The van der Waals surface area contributed by atoms with Crippen molar-refractivity contribution in [2.75, 3.05) is 13.7 Å². The molecule has 52 heavy (non-hydrogen) atoms. The molecule has 1 N–H and O–H groups in total. The van der Waals surface area contributed by atoms with Crippen LogP contribution in [0.3, 0.4) is 0 Å². The highest BCUT2D eigenvalue weighted by Crippen LogP contribution is 2.90. The van der Waals surface area contributed by atoms with Gasteiger partial charge in [-0.3, -0.25) is 14.4 Å². The summed E-state index contributed by atoms with van der Waals surface area (Å²) in [5.74, 6) is -5.43. The van der Waals surface area contributed by atoms with Gasteiger partial charge in [0.1, 0.15) is 29.5 Å². The Morgan fingerprint density at radius 1 is 1.02 bits per heavy atom. The Labute approximate surface area is 303 Å². The van der Waals surface area contributed by atoms with Gasteiger partial charge in [0.2, 0.25) is 0 Å². The van der Waals surface area contributed by atoms with Crippen LogP contribution in [0.1, 0.15) is 106 Å². The second-order valence-electron chi connectivity index (χ2n) is 17.5. The van der Waals surface area contributed by atoms with Crippen molar-refractivity contribution in [1.82, 2.24) is 0 Å². The molecule has 3 spiro atoms. The minimum Gasteiger partial charge on any atom is -0.472 e. The summed E-state index contributed by atoms with van der Waals surface area (Å²) in [6.07, 6.45) is 2.16. The number of aliphatic hydroxyl groups is 1. The summed E-state index contributed by atoms with van der Waals surface area (Å²) in [6.45, 7) is 14.4. The quantitative estimate of drug-likeness (QED) is 0.209. The van der Waals surface area contributed by atoms with E-state index >= 15 is 0 Å². The van der Waals surface area contributed by atoms with Crippen LogP contribution in [0, 0.1) is 34.0 Å². The van der Waals surface area contributed by atoms with Crippen LogP contribution in [0.4, 0.5) is 0 Å². The highest BCUT2D eigenvalue weighted by Gasteiger charge is 3.02. The van der Waals surface area contributed by atoms with Crippen LogP contribution in [-0.2, 0) is 52.3 Å². The van der Waals surface area contributed by atoms with Crippen LogP contribution in [-0.4, -0.2) is 77.2 Å². The molecule has 1 aromatic rings. The van der Waals surface area contributed by atoms with Crippen molar-refractivity contribution in [2.45, 2.75) is 135 Å². The molecule has 4 saturated carbocycles. The number of carbonyl (C=O) groups is 4. The van der Waals surface area contributed by atoms with Crippen molar-refractivity contribution < 1.29 is 61.9 Å². The van der Waals surface area contributed by atoms with Crippen LogP contribution in [0.5, 0.6) is 0 Å². The van der Waals surface area contributed by atoms with Crippen molar-refractivity contribution in [3.63, 3.8) is 0 Å². The van der Waals surface area contributed by atoms with E-state index in [0.29, 0.717) is 30.4 Å². The first-order chi connectivity index (χ1) is 24.3. The molecule has 8 rings (SSSR count). The van der Waals surface area contributed by atoms with E-state index < -0.39 is 86.6 Å². The first kappa shape index (κ1) is 35.8. The lowest BCUT2D eigenvalue weighted by molar-refractivity contribution is -0.471. The van der Waals surface area contributed by atoms with Gasteiger partial charge in [0, 0.05) is 54.6 Å². The van der Waals surface area contributed by atoms with E-state index in [0.717, 1.165) is 0 Å². The zero-order valence-electron chi connectivity index (χ0n) is 31.4. The fourth-order valence-corrected chi connectivity index (χ4v) is 13.2. The molecular formula is C39H50O13. The van der Waals surface area contributed by atoms with Gasteiger partial charge in [-0.15, -0.1) is 0 Å². The fourth-order valence-electron chi connectivity index (χ4n) is 13.2. The number of fused-ring (bicyclic) bond motifs is 3. The molecule has 0 amide bonds. The molecule has 4 heterocycles. The van der Waals surface area contributed by atoms with E-state index in [1.807, 2.05) is 27.7 Å². The van der Waals surface area contributed by atoms with Crippen LogP contribution < -0.4 is 0 Å². The smallest absolute Gasteiger partial charge is 0.335 e. The van der Waals surface area contributed by atoms with Gasteiger partial charge < -0.3 is 42.7 Å². The zero-order chi connectivity index (χ0) is 37.7. The Bertz CT molecular complexity index is 1780. The molecule has 13 nitrogen and oxygen atoms in total. The van der Waals surface area contributed by atoms with E-state index in [1.54, 1.807) is 19.9 Å². The Balaban J connectivity index is 1.47. The summed E-state index contributed by atoms with van der Waals surface area (Å²) in [5.41, 5.74) is -7.56. The van der Waals surface area contributed by atoms with Gasteiger partial charge in [0.05, 0.1) is 19.6 Å². The zero-order valence-corrected chi connectivity index (χ0v) is 31.4. The molecule has 1 aromatic heterocycles. The largest absolute Gasteiger partial charge is 0.472 e. The molecule has 4 bridgehead atoms. The van der Waals surface area contributed by atoms with Crippen molar-refractivity contribution in [2.24, 2.45) is 34.0 Å². The molecule has 3 aliphatic heterocycles. The van der Waals surface area contributed by atoms with Gasteiger partial charge in [-0.1, -0.05) is 41.5 Å². The topological polar surface area (TPSA) is 166 Å².